The monoisotopic (exact) mass is 511 g/mol. The number of benzene rings is 2. The Hall–Kier alpha value is -3.43. The van der Waals surface area contributed by atoms with E-state index in [1.807, 2.05) is 31.2 Å². The normalized spacial score (nSPS) is 21.2. The molecular weight excluding hydrogens is 483 g/mol. The molecule has 1 amide bonds. The Labute approximate surface area is 213 Å². The fraction of sp³-hybridized carbons (Fsp3) is 0.357. The van der Waals surface area contributed by atoms with Crippen LogP contribution in [0.1, 0.15) is 40.3 Å². The number of hydrogen-bond donors (Lipinski definition) is 2. The van der Waals surface area contributed by atoms with Crippen molar-refractivity contribution in [1.29, 1.82) is 0 Å². The Morgan fingerprint density at radius 1 is 1.22 bits per heavy atom. The van der Waals surface area contributed by atoms with Crippen LogP contribution in [0.3, 0.4) is 0 Å². The molecule has 3 aromatic rings. The number of aryl methyl sites for hydroxylation is 1. The Bertz CT molecular complexity index is 1330. The minimum atomic E-state index is -3.16. The molecule has 3 heterocycles. The third-order valence-electron chi connectivity index (χ3n) is 7.16. The van der Waals surface area contributed by atoms with Crippen LogP contribution in [-0.2, 0) is 10.7 Å². The number of alkyl halides is 3. The molecular formula is C28H28F3N3O3. The number of fused-ring (bicyclic) bond motifs is 3. The number of rotatable bonds is 5. The predicted octanol–water partition coefficient (Wildman–Crippen LogP) is 5.26. The summed E-state index contributed by atoms with van der Waals surface area (Å²) in [5.74, 6) is -4.24. The first-order valence-corrected chi connectivity index (χ1v) is 12.2. The minimum Gasteiger partial charge on any atom is -0.396 e. The second kappa shape index (κ2) is 9.79. The van der Waals surface area contributed by atoms with Crippen LogP contribution >= 0.6 is 0 Å². The Kier molecular flexibility index (Phi) is 6.68. The molecule has 0 spiro atoms. The molecule has 194 valence electrons. The van der Waals surface area contributed by atoms with Gasteiger partial charge >= 0.3 is 0 Å². The molecule has 2 aliphatic rings. The number of aliphatic hydroxyl groups is 1. The molecule has 0 aliphatic carbocycles. The third-order valence-corrected chi connectivity index (χ3v) is 7.16. The number of pyridine rings is 1. The number of ether oxygens (including phenoxy) is 1. The van der Waals surface area contributed by atoms with E-state index in [0.29, 0.717) is 31.0 Å². The predicted molar refractivity (Wildman–Crippen MR) is 135 cm³/mol. The van der Waals surface area contributed by atoms with Gasteiger partial charge in [-0.05, 0) is 53.9 Å². The maximum Gasteiger partial charge on any atom is 0.286 e. The fourth-order valence-corrected chi connectivity index (χ4v) is 5.14. The first-order chi connectivity index (χ1) is 17.7. The quantitative estimate of drug-likeness (QED) is 0.489. The van der Waals surface area contributed by atoms with Crippen molar-refractivity contribution in [2.45, 2.75) is 32.0 Å². The lowest BCUT2D eigenvalue weighted by atomic mass is 9.83. The largest absolute Gasteiger partial charge is 0.396 e. The zero-order valence-corrected chi connectivity index (χ0v) is 20.5. The van der Waals surface area contributed by atoms with Crippen molar-refractivity contribution in [1.82, 2.24) is 4.98 Å². The van der Waals surface area contributed by atoms with Gasteiger partial charge in [-0.25, -0.2) is 4.39 Å². The number of morpholine rings is 1. The number of aliphatic hydroxyl groups excluding tert-OH is 1. The van der Waals surface area contributed by atoms with Gasteiger partial charge in [-0.1, -0.05) is 18.2 Å². The number of hydrogen-bond acceptors (Lipinski definition) is 5. The van der Waals surface area contributed by atoms with Crippen LogP contribution in [0.25, 0.3) is 11.1 Å². The first kappa shape index (κ1) is 25.2. The summed E-state index contributed by atoms with van der Waals surface area (Å²) in [6.45, 7) is 3.89. The maximum absolute atomic E-state index is 15.4. The van der Waals surface area contributed by atoms with Crippen LogP contribution in [0.2, 0.25) is 0 Å². The number of aromatic nitrogens is 1. The van der Waals surface area contributed by atoms with E-state index in [4.69, 9.17) is 4.74 Å². The van der Waals surface area contributed by atoms with Gasteiger partial charge in [0.05, 0.1) is 25.9 Å². The van der Waals surface area contributed by atoms with Crippen molar-refractivity contribution in [2.75, 3.05) is 36.6 Å². The van der Waals surface area contributed by atoms with Crippen LogP contribution in [0.4, 0.5) is 24.5 Å². The number of halogens is 3. The van der Waals surface area contributed by atoms with E-state index in [-0.39, 0.29) is 18.2 Å². The average molecular weight is 512 g/mol. The van der Waals surface area contributed by atoms with E-state index < -0.39 is 29.6 Å². The topological polar surface area (TPSA) is 74.7 Å². The second-order valence-corrected chi connectivity index (χ2v) is 9.66. The fourth-order valence-electron chi connectivity index (χ4n) is 5.14. The molecule has 2 aliphatic heterocycles. The summed E-state index contributed by atoms with van der Waals surface area (Å²) >= 11 is 0. The summed E-state index contributed by atoms with van der Waals surface area (Å²) in [7, 11) is 0. The molecule has 2 aromatic carbocycles. The highest BCUT2D eigenvalue weighted by Crippen LogP contribution is 2.45. The van der Waals surface area contributed by atoms with Crippen LogP contribution < -0.4 is 10.2 Å². The van der Waals surface area contributed by atoms with Crippen molar-refractivity contribution < 1.29 is 27.8 Å². The molecule has 3 unspecified atom stereocenters. The molecule has 1 saturated heterocycles. The van der Waals surface area contributed by atoms with Crippen LogP contribution in [0, 0.1) is 12.8 Å². The van der Waals surface area contributed by atoms with Gasteiger partial charge in [0.2, 0.25) is 0 Å². The van der Waals surface area contributed by atoms with Crippen LogP contribution in [0.5, 0.6) is 0 Å². The van der Waals surface area contributed by atoms with Gasteiger partial charge in [0.25, 0.3) is 11.8 Å². The van der Waals surface area contributed by atoms with Crippen molar-refractivity contribution in [3.05, 3.63) is 77.1 Å². The Morgan fingerprint density at radius 3 is 2.78 bits per heavy atom. The van der Waals surface area contributed by atoms with Gasteiger partial charge in [0.15, 0.2) is 0 Å². The highest BCUT2D eigenvalue weighted by atomic mass is 19.3. The van der Waals surface area contributed by atoms with Crippen molar-refractivity contribution >= 4 is 17.3 Å². The average Bonchev–Trinajstić information content (AvgIpc) is 2.89. The Balaban J connectivity index is 1.46. The molecule has 6 nitrogen and oxygen atoms in total. The number of carbonyl (C=O) groups excluding carboxylic acids is 1. The Morgan fingerprint density at radius 2 is 2.03 bits per heavy atom. The van der Waals surface area contributed by atoms with Gasteiger partial charge in [0.1, 0.15) is 11.9 Å². The molecule has 2 N–H and O–H groups in total. The lowest BCUT2D eigenvalue weighted by Crippen LogP contribution is -2.54. The number of nitrogens with one attached hydrogen (secondary N) is 1. The van der Waals surface area contributed by atoms with Crippen LogP contribution in [-0.4, -0.2) is 48.4 Å². The summed E-state index contributed by atoms with van der Waals surface area (Å²) in [5.41, 5.74) is 4.07. The summed E-state index contributed by atoms with van der Waals surface area (Å²) in [4.78, 5) is 18.6. The molecule has 3 atom stereocenters. The summed E-state index contributed by atoms with van der Waals surface area (Å²) < 4.78 is 48.3. The van der Waals surface area contributed by atoms with Crippen molar-refractivity contribution in [2.24, 2.45) is 5.92 Å². The molecule has 0 bridgehead atoms. The lowest BCUT2D eigenvalue weighted by molar-refractivity contribution is 0.0127. The molecule has 1 aromatic heterocycles. The van der Waals surface area contributed by atoms with Crippen molar-refractivity contribution in [3.8, 4) is 11.1 Å². The summed E-state index contributed by atoms with van der Waals surface area (Å²) in [6.07, 6.45) is -0.113. The van der Waals surface area contributed by atoms with Gasteiger partial charge in [0, 0.05) is 48.1 Å². The van der Waals surface area contributed by atoms with E-state index in [1.165, 1.54) is 12.3 Å². The summed E-state index contributed by atoms with van der Waals surface area (Å²) in [6, 6.07) is 13.2. The smallest absolute Gasteiger partial charge is 0.286 e. The lowest BCUT2D eigenvalue weighted by Gasteiger charge is -2.47. The number of nitrogens with zero attached hydrogens (tertiary/aromatic N) is 2. The molecule has 9 heteroatoms. The molecule has 0 saturated carbocycles. The molecule has 0 radical (unpaired) electrons. The van der Waals surface area contributed by atoms with Gasteiger partial charge in [-0.3, -0.25) is 9.78 Å². The standard InChI is InChI=1S/C28H28F3N3O3/c1-16-3-5-19(33-27(36)18-7-8-32-25(12-18)28(2,30)31)13-21(16)17-4-6-20-23(11-17)34-9-10-37-15-24(34)22(14-35)26(20)29/h3-8,11-13,22,24,26,35H,9-10,14-15H2,1-2H3,(H,33,36). The number of anilines is 2. The highest BCUT2D eigenvalue weighted by Gasteiger charge is 2.42. The first-order valence-electron chi connectivity index (χ1n) is 12.2. The van der Waals surface area contributed by atoms with Gasteiger partial charge in [-0.15, -0.1) is 0 Å². The second-order valence-electron chi connectivity index (χ2n) is 9.66. The van der Waals surface area contributed by atoms with E-state index >= 15 is 4.39 Å². The van der Waals surface area contributed by atoms with E-state index in [0.717, 1.165) is 35.4 Å². The summed E-state index contributed by atoms with van der Waals surface area (Å²) in [5, 5.41) is 12.6. The number of carbonyl (C=O) groups is 1. The minimum absolute atomic E-state index is 0.0771. The zero-order valence-electron chi connectivity index (χ0n) is 20.5. The highest BCUT2D eigenvalue weighted by molar-refractivity contribution is 6.04. The molecule has 37 heavy (non-hydrogen) atoms. The molecule has 1 fully saturated rings. The van der Waals surface area contributed by atoms with E-state index in [1.54, 1.807) is 12.1 Å². The van der Waals surface area contributed by atoms with E-state index in [9.17, 15) is 18.7 Å². The van der Waals surface area contributed by atoms with Gasteiger partial charge < -0.3 is 20.1 Å². The number of amides is 1. The molecule has 5 rings (SSSR count). The van der Waals surface area contributed by atoms with E-state index in [2.05, 4.69) is 15.2 Å². The van der Waals surface area contributed by atoms with Crippen molar-refractivity contribution in [3.63, 3.8) is 0 Å². The SMILES string of the molecule is Cc1ccc(NC(=O)c2ccnc(C(C)(F)F)c2)cc1-c1ccc2c(c1)N1CCOCC1C(CO)C2F. The zero-order chi connectivity index (χ0) is 26.3. The van der Waals surface area contributed by atoms with Gasteiger partial charge in [-0.2, -0.15) is 8.78 Å². The maximum atomic E-state index is 15.4. The third kappa shape index (κ3) is 4.81. The van der Waals surface area contributed by atoms with Crippen LogP contribution in [0.15, 0.2) is 54.7 Å².